The lowest BCUT2D eigenvalue weighted by atomic mass is 10.3. The van der Waals surface area contributed by atoms with Crippen LogP contribution in [0.4, 0.5) is 0 Å². The van der Waals surface area contributed by atoms with Crippen LogP contribution in [0, 0.1) is 0 Å². The Morgan fingerprint density at radius 2 is 2.19 bits per heavy atom. The number of hydrogen-bond donors (Lipinski definition) is 2. The highest BCUT2D eigenvalue weighted by molar-refractivity contribution is 9.11. The second kappa shape index (κ2) is 7.06. The minimum absolute atomic E-state index is 0.275. The molecule has 8 heteroatoms. The summed E-state index contributed by atoms with van der Waals surface area (Å²) in [6, 6.07) is 5.58. The Kier molecular flexibility index (Phi) is 5.61. The van der Waals surface area contributed by atoms with Crippen LogP contribution in [0.5, 0.6) is 0 Å². The van der Waals surface area contributed by atoms with Gasteiger partial charge in [0.25, 0.3) is 0 Å². The molecule has 2 rings (SSSR count). The average molecular weight is 392 g/mol. The maximum absolute atomic E-state index is 12.3. The van der Waals surface area contributed by atoms with Gasteiger partial charge >= 0.3 is 0 Å². The molecule has 0 atom stereocenters. The van der Waals surface area contributed by atoms with Gasteiger partial charge in [-0.1, -0.05) is 0 Å². The lowest BCUT2D eigenvalue weighted by Gasteiger charge is -2.04. The largest absolute Gasteiger partial charge is 0.349 e. The third-order valence-electron chi connectivity index (χ3n) is 3.11. The molecular weight excluding hydrogens is 374 g/mol. The van der Waals surface area contributed by atoms with Gasteiger partial charge in [-0.2, -0.15) is 0 Å². The summed E-state index contributed by atoms with van der Waals surface area (Å²) < 4.78 is 30.0. The Balaban J connectivity index is 2.02. The number of sulfonamides is 1. The number of rotatable bonds is 7. The van der Waals surface area contributed by atoms with Gasteiger partial charge in [0.05, 0.1) is 8.68 Å². The van der Waals surface area contributed by atoms with Gasteiger partial charge in [0.2, 0.25) is 10.0 Å². The van der Waals surface area contributed by atoms with Crippen LogP contribution < -0.4 is 10.5 Å². The average Bonchev–Trinajstić information content (AvgIpc) is 3.04. The first kappa shape index (κ1) is 16.7. The van der Waals surface area contributed by atoms with Crippen molar-refractivity contribution in [2.75, 3.05) is 6.54 Å². The first-order valence-electron chi connectivity index (χ1n) is 6.59. The summed E-state index contributed by atoms with van der Waals surface area (Å²) in [6.45, 7) is 3.36. The van der Waals surface area contributed by atoms with E-state index in [4.69, 9.17) is 5.73 Å². The number of aryl methyl sites for hydroxylation is 1. The van der Waals surface area contributed by atoms with E-state index in [0.29, 0.717) is 26.1 Å². The Labute approximate surface area is 137 Å². The van der Waals surface area contributed by atoms with Crippen molar-refractivity contribution in [1.29, 1.82) is 0 Å². The quantitative estimate of drug-likeness (QED) is 0.759. The molecule has 0 fully saturated rings. The molecule has 0 spiro atoms. The maximum Gasteiger partial charge on any atom is 0.242 e. The fourth-order valence-corrected chi connectivity index (χ4v) is 4.59. The first-order chi connectivity index (χ1) is 9.96. The summed E-state index contributed by atoms with van der Waals surface area (Å²) in [5.74, 6) is 0. The van der Waals surface area contributed by atoms with E-state index in [9.17, 15) is 8.42 Å². The van der Waals surface area contributed by atoms with Gasteiger partial charge in [0.1, 0.15) is 0 Å². The summed E-state index contributed by atoms with van der Waals surface area (Å²) in [5.41, 5.74) is 6.44. The van der Waals surface area contributed by atoms with E-state index >= 15 is 0 Å². The fourth-order valence-electron chi connectivity index (χ4n) is 2.02. The molecule has 0 saturated heterocycles. The molecule has 2 aromatic rings. The number of thiophene rings is 1. The van der Waals surface area contributed by atoms with Crippen LogP contribution in [0.3, 0.4) is 0 Å². The number of nitrogens with two attached hydrogens (primary N) is 1. The summed E-state index contributed by atoms with van der Waals surface area (Å²) in [4.78, 5) is 1.41. The third-order valence-corrected chi connectivity index (χ3v) is 6.22. The predicted molar refractivity (Wildman–Crippen MR) is 88.9 cm³/mol. The molecule has 0 bridgehead atoms. The molecule has 0 radical (unpaired) electrons. The Bertz CT molecular complexity index is 685. The summed E-state index contributed by atoms with van der Waals surface area (Å²) >= 11 is 5.00. The minimum atomic E-state index is -3.48. The number of nitrogens with zero attached hydrogens (tertiary/aromatic N) is 1. The lowest BCUT2D eigenvalue weighted by molar-refractivity contribution is 0.581. The molecule has 116 valence electrons. The highest BCUT2D eigenvalue weighted by Crippen LogP contribution is 2.22. The standard InChI is InChI=1S/C13H18BrN3O2S2/c1-2-17-9-12(7-10(17)8-15)21(18,19)16-6-5-11-3-4-13(14)20-11/h3-4,7,9,16H,2,5-6,8,15H2,1H3. The van der Waals surface area contributed by atoms with Gasteiger partial charge < -0.3 is 10.3 Å². The van der Waals surface area contributed by atoms with Crippen molar-refractivity contribution in [3.63, 3.8) is 0 Å². The first-order valence-corrected chi connectivity index (χ1v) is 9.68. The monoisotopic (exact) mass is 391 g/mol. The molecular formula is C13H18BrN3O2S2. The fraction of sp³-hybridized carbons (Fsp3) is 0.385. The molecule has 2 heterocycles. The van der Waals surface area contributed by atoms with Gasteiger partial charge in [-0.05, 0) is 47.5 Å². The van der Waals surface area contributed by atoms with Gasteiger partial charge in [0.15, 0.2) is 0 Å². The van der Waals surface area contributed by atoms with E-state index in [1.807, 2.05) is 23.6 Å². The number of hydrogen-bond acceptors (Lipinski definition) is 4. The van der Waals surface area contributed by atoms with E-state index in [1.165, 1.54) is 0 Å². The van der Waals surface area contributed by atoms with Gasteiger partial charge in [-0.25, -0.2) is 13.1 Å². The van der Waals surface area contributed by atoms with Crippen LogP contribution in [-0.2, 0) is 29.5 Å². The van der Waals surface area contributed by atoms with E-state index in [-0.39, 0.29) is 4.90 Å². The lowest BCUT2D eigenvalue weighted by Crippen LogP contribution is -2.25. The smallest absolute Gasteiger partial charge is 0.242 e. The van der Waals surface area contributed by atoms with E-state index in [0.717, 1.165) is 14.4 Å². The van der Waals surface area contributed by atoms with Gasteiger partial charge in [-0.3, -0.25) is 0 Å². The van der Waals surface area contributed by atoms with Gasteiger partial charge in [0, 0.05) is 36.4 Å². The number of nitrogens with one attached hydrogen (secondary N) is 1. The van der Waals surface area contributed by atoms with E-state index in [2.05, 4.69) is 20.7 Å². The van der Waals surface area contributed by atoms with Crippen molar-refractivity contribution in [1.82, 2.24) is 9.29 Å². The molecule has 3 N–H and O–H groups in total. The van der Waals surface area contributed by atoms with E-state index in [1.54, 1.807) is 23.6 Å². The van der Waals surface area contributed by atoms with Crippen LogP contribution in [0.2, 0.25) is 0 Å². The van der Waals surface area contributed by atoms with Crippen molar-refractivity contribution in [3.05, 3.63) is 38.8 Å². The zero-order chi connectivity index (χ0) is 15.5. The highest BCUT2D eigenvalue weighted by atomic mass is 79.9. The summed E-state index contributed by atoms with van der Waals surface area (Å²) in [7, 11) is -3.48. The van der Waals surface area contributed by atoms with Crippen LogP contribution in [0.15, 0.2) is 33.1 Å². The Morgan fingerprint density at radius 1 is 1.43 bits per heavy atom. The zero-order valence-corrected chi connectivity index (χ0v) is 14.9. The third kappa shape index (κ3) is 4.17. The molecule has 0 aliphatic carbocycles. The van der Waals surface area contributed by atoms with Crippen molar-refractivity contribution in [3.8, 4) is 0 Å². The van der Waals surface area contributed by atoms with E-state index < -0.39 is 10.0 Å². The zero-order valence-electron chi connectivity index (χ0n) is 11.7. The maximum atomic E-state index is 12.3. The number of aromatic nitrogens is 1. The van der Waals surface area contributed by atoms with Crippen LogP contribution in [0.1, 0.15) is 17.5 Å². The molecule has 5 nitrogen and oxygen atoms in total. The highest BCUT2D eigenvalue weighted by Gasteiger charge is 2.17. The van der Waals surface area contributed by atoms with Crippen LogP contribution >= 0.6 is 27.3 Å². The molecule has 0 amide bonds. The second-order valence-electron chi connectivity index (χ2n) is 4.51. The van der Waals surface area contributed by atoms with Crippen molar-refractivity contribution >= 4 is 37.3 Å². The molecule has 0 aliphatic heterocycles. The Morgan fingerprint density at radius 3 is 2.71 bits per heavy atom. The minimum Gasteiger partial charge on any atom is -0.349 e. The van der Waals surface area contributed by atoms with Crippen molar-refractivity contribution in [2.45, 2.75) is 31.3 Å². The van der Waals surface area contributed by atoms with Gasteiger partial charge in [-0.15, -0.1) is 11.3 Å². The molecule has 2 aromatic heterocycles. The molecule has 21 heavy (non-hydrogen) atoms. The molecule has 0 unspecified atom stereocenters. The van der Waals surface area contributed by atoms with Crippen LogP contribution in [0.25, 0.3) is 0 Å². The van der Waals surface area contributed by atoms with Crippen molar-refractivity contribution < 1.29 is 8.42 Å². The number of halogens is 1. The SMILES string of the molecule is CCn1cc(S(=O)(=O)NCCc2ccc(Br)s2)cc1CN. The van der Waals surface area contributed by atoms with Crippen LogP contribution in [-0.4, -0.2) is 19.5 Å². The normalized spacial score (nSPS) is 12.0. The Hall–Kier alpha value is -0.670. The molecule has 0 aliphatic rings. The predicted octanol–water partition coefficient (Wildman–Crippen LogP) is 2.31. The molecule has 0 saturated carbocycles. The topological polar surface area (TPSA) is 77.1 Å². The van der Waals surface area contributed by atoms with Crippen molar-refractivity contribution in [2.24, 2.45) is 5.73 Å². The molecule has 0 aromatic carbocycles. The second-order valence-corrected chi connectivity index (χ2v) is 8.83. The summed E-state index contributed by atoms with van der Waals surface area (Å²) in [5, 5.41) is 0. The summed E-state index contributed by atoms with van der Waals surface area (Å²) in [6.07, 6.45) is 2.31.